The first-order valence-corrected chi connectivity index (χ1v) is 9.90. The zero-order chi connectivity index (χ0) is 19.6. The van der Waals surface area contributed by atoms with Gasteiger partial charge < -0.3 is 9.80 Å². The van der Waals surface area contributed by atoms with Crippen molar-refractivity contribution in [3.8, 4) is 0 Å². The molecule has 27 heavy (non-hydrogen) atoms. The van der Waals surface area contributed by atoms with Crippen LogP contribution in [0.25, 0.3) is 10.9 Å². The van der Waals surface area contributed by atoms with Crippen LogP contribution in [0.1, 0.15) is 48.3 Å². The van der Waals surface area contributed by atoms with Crippen molar-refractivity contribution in [2.24, 2.45) is 5.92 Å². The van der Waals surface area contributed by atoms with Crippen molar-refractivity contribution in [2.75, 3.05) is 26.2 Å². The molecule has 0 unspecified atom stereocenters. The van der Waals surface area contributed by atoms with Crippen LogP contribution in [0.4, 0.5) is 0 Å². The van der Waals surface area contributed by atoms with Gasteiger partial charge in [-0.15, -0.1) is 0 Å². The van der Waals surface area contributed by atoms with Gasteiger partial charge in [-0.1, -0.05) is 12.1 Å². The summed E-state index contributed by atoms with van der Waals surface area (Å²) in [5.41, 5.74) is 3.51. The Morgan fingerprint density at radius 2 is 1.78 bits per heavy atom. The summed E-state index contributed by atoms with van der Waals surface area (Å²) < 4.78 is 0. The average Bonchev–Trinajstić information content (AvgIpc) is 2.68. The third-order valence-corrected chi connectivity index (χ3v) is 5.60. The van der Waals surface area contributed by atoms with E-state index in [9.17, 15) is 9.59 Å². The number of amides is 2. The Morgan fingerprint density at radius 3 is 2.41 bits per heavy atom. The molecule has 5 nitrogen and oxygen atoms in total. The molecule has 1 aliphatic rings. The van der Waals surface area contributed by atoms with Crippen LogP contribution in [-0.2, 0) is 4.79 Å². The predicted octanol–water partition coefficient (Wildman–Crippen LogP) is 3.57. The van der Waals surface area contributed by atoms with Gasteiger partial charge in [-0.2, -0.15) is 0 Å². The molecule has 2 heterocycles. The van der Waals surface area contributed by atoms with E-state index in [-0.39, 0.29) is 17.7 Å². The fourth-order valence-electron chi connectivity index (χ4n) is 3.88. The van der Waals surface area contributed by atoms with Gasteiger partial charge in [0.25, 0.3) is 5.91 Å². The van der Waals surface area contributed by atoms with E-state index >= 15 is 0 Å². The van der Waals surface area contributed by atoms with Crippen molar-refractivity contribution in [3.05, 3.63) is 41.1 Å². The molecule has 0 radical (unpaired) electrons. The largest absolute Gasteiger partial charge is 0.343 e. The summed E-state index contributed by atoms with van der Waals surface area (Å²) >= 11 is 0. The monoisotopic (exact) mass is 367 g/mol. The van der Waals surface area contributed by atoms with Gasteiger partial charge in [0.05, 0.1) is 16.8 Å². The van der Waals surface area contributed by atoms with Crippen molar-refractivity contribution in [2.45, 2.75) is 40.5 Å². The zero-order valence-electron chi connectivity index (χ0n) is 16.8. The Balaban J connectivity index is 1.72. The fraction of sp³-hybridized carbons (Fsp3) is 0.500. The first-order valence-electron chi connectivity index (χ1n) is 9.90. The Morgan fingerprint density at radius 1 is 1.11 bits per heavy atom. The van der Waals surface area contributed by atoms with Crippen molar-refractivity contribution < 1.29 is 9.59 Å². The van der Waals surface area contributed by atoms with Gasteiger partial charge in [0, 0.05) is 37.5 Å². The first-order chi connectivity index (χ1) is 12.9. The number of piperidine rings is 1. The summed E-state index contributed by atoms with van der Waals surface area (Å²) in [6, 6.07) is 8.05. The predicted molar refractivity (Wildman–Crippen MR) is 108 cm³/mol. The number of aryl methyl sites for hydroxylation is 2. The van der Waals surface area contributed by atoms with E-state index in [0.29, 0.717) is 18.7 Å². The van der Waals surface area contributed by atoms with Crippen LogP contribution in [0, 0.1) is 19.8 Å². The van der Waals surface area contributed by atoms with E-state index in [1.165, 1.54) is 0 Å². The molecule has 0 N–H and O–H groups in total. The number of nitrogens with zero attached hydrogens (tertiary/aromatic N) is 3. The van der Waals surface area contributed by atoms with Gasteiger partial charge in [0.15, 0.2) is 0 Å². The van der Waals surface area contributed by atoms with E-state index in [0.717, 1.165) is 48.1 Å². The highest BCUT2D eigenvalue weighted by molar-refractivity contribution is 5.98. The molecular weight excluding hydrogens is 338 g/mol. The first kappa shape index (κ1) is 19.3. The maximum atomic E-state index is 13.0. The lowest BCUT2D eigenvalue weighted by Crippen LogP contribution is -2.44. The minimum Gasteiger partial charge on any atom is -0.343 e. The van der Waals surface area contributed by atoms with Gasteiger partial charge in [-0.25, -0.2) is 0 Å². The van der Waals surface area contributed by atoms with E-state index < -0.39 is 0 Å². The second-order valence-electron chi connectivity index (χ2n) is 7.39. The highest BCUT2D eigenvalue weighted by Gasteiger charge is 2.30. The molecule has 0 spiro atoms. The number of hydrogen-bond acceptors (Lipinski definition) is 3. The number of rotatable bonds is 4. The standard InChI is InChI=1S/C22H29N3O2/c1-5-24(6-2)21(26)17-9-11-25(12-10-17)22(27)19-14-18-8-7-15(3)13-20(18)23-16(19)4/h7-8,13-14,17H,5-6,9-12H2,1-4H3. The van der Waals surface area contributed by atoms with Crippen LogP contribution >= 0.6 is 0 Å². The van der Waals surface area contributed by atoms with Crippen LogP contribution in [0.15, 0.2) is 24.3 Å². The number of benzene rings is 1. The lowest BCUT2D eigenvalue weighted by molar-refractivity contribution is -0.136. The highest BCUT2D eigenvalue weighted by Crippen LogP contribution is 2.24. The second kappa shape index (κ2) is 8.07. The molecule has 3 rings (SSSR count). The van der Waals surface area contributed by atoms with Gasteiger partial charge >= 0.3 is 0 Å². The van der Waals surface area contributed by atoms with E-state index in [4.69, 9.17) is 0 Å². The topological polar surface area (TPSA) is 53.5 Å². The summed E-state index contributed by atoms with van der Waals surface area (Å²) in [6.07, 6.45) is 1.47. The highest BCUT2D eigenvalue weighted by atomic mass is 16.2. The molecule has 2 aromatic rings. The van der Waals surface area contributed by atoms with Crippen molar-refractivity contribution >= 4 is 22.7 Å². The molecule has 1 fully saturated rings. The summed E-state index contributed by atoms with van der Waals surface area (Å²) in [5, 5.41) is 0.987. The normalized spacial score (nSPS) is 15.2. The molecule has 144 valence electrons. The van der Waals surface area contributed by atoms with E-state index in [1.807, 2.05) is 61.8 Å². The SMILES string of the molecule is CCN(CC)C(=O)C1CCN(C(=O)c2cc3ccc(C)cc3nc2C)CC1. The van der Waals surface area contributed by atoms with Crippen LogP contribution < -0.4 is 0 Å². The minimum absolute atomic E-state index is 0.0243. The summed E-state index contributed by atoms with van der Waals surface area (Å²) in [4.78, 5) is 34.0. The lowest BCUT2D eigenvalue weighted by Gasteiger charge is -2.34. The van der Waals surface area contributed by atoms with Gasteiger partial charge in [0.2, 0.25) is 5.91 Å². The van der Waals surface area contributed by atoms with Crippen LogP contribution in [0.2, 0.25) is 0 Å². The van der Waals surface area contributed by atoms with Crippen molar-refractivity contribution in [1.82, 2.24) is 14.8 Å². The molecule has 0 bridgehead atoms. The van der Waals surface area contributed by atoms with Crippen LogP contribution in [-0.4, -0.2) is 52.8 Å². The number of likely N-dealkylation sites (tertiary alicyclic amines) is 1. The number of aromatic nitrogens is 1. The van der Waals surface area contributed by atoms with Gasteiger partial charge in [-0.05, 0) is 58.2 Å². The molecule has 2 amide bonds. The van der Waals surface area contributed by atoms with Crippen molar-refractivity contribution in [1.29, 1.82) is 0 Å². The minimum atomic E-state index is 0.0243. The molecule has 1 aliphatic heterocycles. The smallest absolute Gasteiger partial charge is 0.255 e. The van der Waals surface area contributed by atoms with Gasteiger partial charge in [0.1, 0.15) is 0 Å². The van der Waals surface area contributed by atoms with E-state index in [1.54, 1.807) is 0 Å². The van der Waals surface area contributed by atoms with E-state index in [2.05, 4.69) is 4.98 Å². The maximum Gasteiger partial charge on any atom is 0.255 e. The third-order valence-electron chi connectivity index (χ3n) is 5.60. The van der Waals surface area contributed by atoms with Crippen LogP contribution in [0.5, 0.6) is 0 Å². The van der Waals surface area contributed by atoms with Crippen LogP contribution in [0.3, 0.4) is 0 Å². The molecule has 0 atom stereocenters. The number of fused-ring (bicyclic) bond motifs is 1. The lowest BCUT2D eigenvalue weighted by atomic mass is 9.94. The quantitative estimate of drug-likeness (QED) is 0.830. The molecule has 1 aromatic carbocycles. The second-order valence-corrected chi connectivity index (χ2v) is 7.39. The van der Waals surface area contributed by atoms with Gasteiger partial charge in [-0.3, -0.25) is 14.6 Å². The summed E-state index contributed by atoms with van der Waals surface area (Å²) in [7, 11) is 0. The maximum absolute atomic E-state index is 13.0. The van der Waals surface area contributed by atoms with Crippen molar-refractivity contribution in [3.63, 3.8) is 0 Å². The Hall–Kier alpha value is -2.43. The number of carbonyl (C=O) groups is 2. The Bertz CT molecular complexity index is 850. The Labute approximate surface area is 161 Å². The third kappa shape index (κ3) is 3.97. The molecule has 1 aromatic heterocycles. The molecular formula is C22H29N3O2. The zero-order valence-corrected chi connectivity index (χ0v) is 16.8. The Kier molecular flexibility index (Phi) is 5.78. The molecule has 5 heteroatoms. The average molecular weight is 367 g/mol. The molecule has 1 saturated heterocycles. The number of hydrogen-bond donors (Lipinski definition) is 0. The summed E-state index contributed by atoms with van der Waals surface area (Å²) in [6.45, 7) is 10.7. The summed E-state index contributed by atoms with van der Waals surface area (Å²) in [5.74, 6) is 0.287. The number of pyridine rings is 1. The molecule has 0 saturated carbocycles. The molecule has 0 aliphatic carbocycles. The number of carbonyl (C=O) groups excluding carboxylic acids is 2. The fourth-order valence-corrected chi connectivity index (χ4v) is 3.88.